The SMILES string of the molecule is C=CCN(CC=C)CCOc1ccc(-c2ccccc2)cc1.O=C(O)C(=O)O. The third-order valence-electron chi connectivity index (χ3n) is 3.60. The van der Waals surface area contributed by atoms with E-state index in [1.807, 2.05) is 42.5 Å². The molecule has 2 N–H and O–H groups in total. The van der Waals surface area contributed by atoms with Gasteiger partial charge in [0.25, 0.3) is 0 Å². The maximum atomic E-state index is 9.10. The molecule has 0 bridgehead atoms. The third-order valence-corrected chi connectivity index (χ3v) is 3.60. The molecular formula is C22H25NO5. The Morgan fingerprint density at radius 1 is 0.857 bits per heavy atom. The summed E-state index contributed by atoms with van der Waals surface area (Å²) in [6.07, 6.45) is 3.80. The molecule has 0 fully saturated rings. The second kappa shape index (κ2) is 12.9. The maximum absolute atomic E-state index is 9.10. The quantitative estimate of drug-likeness (QED) is 0.509. The smallest absolute Gasteiger partial charge is 0.414 e. The lowest BCUT2D eigenvalue weighted by Gasteiger charge is -2.18. The van der Waals surface area contributed by atoms with Crippen molar-refractivity contribution in [2.45, 2.75) is 0 Å². The molecule has 0 saturated heterocycles. The molecule has 6 nitrogen and oxygen atoms in total. The fraction of sp³-hybridized carbons (Fsp3) is 0.182. The van der Waals surface area contributed by atoms with Crippen molar-refractivity contribution in [3.05, 3.63) is 79.9 Å². The number of aliphatic carboxylic acids is 2. The Morgan fingerprint density at radius 2 is 1.36 bits per heavy atom. The van der Waals surface area contributed by atoms with Crippen molar-refractivity contribution in [2.75, 3.05) is 26.2 Å². The van der Waals surface area contributed by atoms with E-state index in [2.05, 4.69) is 42.3 Å². The van der Waals surface area contributed by atoms with Crippen LogP contribution in [0.2, 0.25) is 0 Å². The number of carboxylic acid groups (broad SMARTS) is 2. The molecule has 2 aromatic rings. The number of hydrogen-bond donors (Lipinski definition) is 2. The van der Waals surface area contributed by atoms with Gasteiger partial charge in [-0.2, -0.15) is 0 Å². The highest BCUT2D eigenvalue weighted by atomic mass is 16.5. The van der Waals surface area contributed by atoms with E-state index in [0.29, 0.717) is 6.61 Å². The topological polar surface area (TPSA) is 87.1 Å². The molecule has 0 spiro atoms. The van der Waals surface area contributed by atoms with Crippen molar-refractivity contribution in [3.8, 4) is 16.9 Å². The van der Waals surface area contributed by atoms with E-state index in [1.54, 1.807) is 0 Å². The molecule has 0 saturated carbocycles. The minimum atomic E-state index is -1.82. The molecule has 0 aromatic heterocycles. The van der Waals surface area contributed by atoms with Crippen LogP contribution in [0.4, 0.5) is 0 Å². The average molecular weight is 383 g/mol. The highest BCUT2D eigenvalue weighted by Gasteiger charge is 2.04. The number of carboxylic acids is 2. The van der Waals surface area contributed by atoms with Gasteiger partial charge in [-0.15, -0.1) is 13.2 Å². The van der Waals surface area contributed by atoms with Crippen LogP contribution in [0.15, 0.2) is 79.9 Å². The first-order valence-electron chi connectivity index (χ1n) is 8.66. The van der Waals surface area contributed by atoms with Crippen LogP contribution in [0.1, 0.15) is 0 Å². The molecule has 2 rings (SSSR count). The predicted molar refractivity (Wildman–Crippen MR) is 109 cm³/mol. The van der Waals surface area contributed by atoms with E-state index in [-0.39, 0.29) is 0 Å². The highest BCUT2D eigenvalue weighted by molar-refractivity contribution is 6.27. The zero-order valence-electron chi connectivity index (χ0n) is 15.7. The van der Waals surface area contributed by atoms with Gasteiger partial charge in [0, 0.05) is 19.6 Å². The fourth-order valence-electron chi connectivity index (χ4n) is 2.29. The van der Waals surface area contributed by atoms with E-state index >= 15 is 0 Å². The summed E-state index contributed by atoms with van der Waals surface area (Å²) in [5.41, 5.74) is 2.42. The van der Waals surface area contributed by atoms with Crippen molar-refractivity contribution in [1.29, 1.82) is 0 Å². The minimum absolute atomic E-state index is 0.659. The summed E-state index contributed by atoms with van der Waals surface area (Å²) in [4.78, 5) is 20.4. The van der Waals surface area contributed by atoms with E-state index in [1.165, 1.54) is 11.1 Å². The molecule has 0 heterocycles. The summed E-state index contributed by atoms with van der Waals surface area (Å²) in [6, 6.07) is 18.6. The summed E-state index contributed by atoms with van der Waals surface area (Å²) in [5.74, 6) is -2.75. The number of rotatable bonds is 9. The maximum Gasteiger partial charge on any atom is 0.414 e. The van der Waals surface area contributed by atoms with Crippen LogP contribution in [-0.4, -0.2) is 53.3 Å². The molecule has 0 aliphatic heterocycles. The Labute approximate surface area is 165 Å². The number of ether oxygens (including phenoxy) is 1. The number of benzene rings is 2. The summed E-state index contributed by atoms with van der Waals surface area (Å²) < 4.78 is 5.81. The van der Waals surface area contributed by atoms with Gasteiger partial charge in [0.2, 0.25) is 0 Å². The van der Waals surface area contributed by atoms with E-state index in [9.17, 15) is 0 Å². The zero-order chi connectivity index (χ0) is 20.8. The van der Waals surface area contributed by atoms with Crippen LogP contribution in [0.5, 0.6) is 5.75 Å². The van der Waals surface area contributed by atoms with Crippen LogP contribution in [-0.2, 0) is 9.59 Å². The van der Waals surface area contributed by atoms with Crippen LogP contribution < -0.4 is 4.74 Å². The fourth-order valence-corrected chi connectivity index (χ4v) is 2.29. The third kappa shape index (κ3) is 8.82. The first-order valence-corrected chi connectivity index (χ1v) is 8.66. The van der Waals surface area contributed by atoms with Gasteiger partial charge in [0.15, 0.2) is 0 Å². The van der Waals surface area contributed by atoms with Gasteiger partial charge in [-0.1, -0.05) is 54.6 Å². The second-order valence-electron chi connectivity index (χ2n) is 5.69. The van der Waals surface area contributed by atoms with Crippen LogP contribution in [0, 0.1) is 0 Å². The number of hydrogen-bond acceptors (Lipinski definition) is 4. The lowest BCUT2D eigenvalue weighted by Crippen LogP contribution is -2.28. The molecule has 0 aliphatic carbocycles. The highest BCUT2D eigenvalue weighted by Crippen LogP contribution is 2.21. The Kier molecular flexibility index (Phi) is 10.4. The van der Waals surface area contributed by atoms with Crippen LogP contribution in [0.3, 0.4) is 0 Å². The molecule has 6 heteroatoms. The summed E-state index contributed by atoms with van der Waals surface area (Å²) in [6.45, 7) is 10.8. The monoisotopic (exact) mass is 383 g/mol. The Bertz CT molecular complexity index is 734. The normalized spacial score (nSPS) is 9.75. The van der Waals surface area contributed by atoms with E-state index < -0.39 is 11.9 Å². The summed E-state index contributed by atoms with van der Waals surface area (Å²) in [5, 5.41) is 14.8. The Morgan fingerprint density at radius 3 is 1.82 bits per heavy atom. The molecule has 2 aromatic carbocycles. The van der Waals surface area contributed by atoms with Gasteiger partial charge in [-0.05, 0) is 23.3 Å². The zero-order valence-corrected chi connectivity index (χ0v) is 15.7. The van der Waals surface area contributed by atoms with Crippen LogP contribution >= 0.6 is 0 Å². The van der Waals surface area contributed by atoms with Gasteiger partial charge < -0.3 is 14.9 Å². The number of carbonyl (C=O) groups is 2. The largest absolute Gasteiger partial charge is 0.492 e. The Hall–Kier alpha value is -3.38. The van der Waals surface area contributed by atoms with Gasteiger partial charge >= 0.3 is 11.9 Å². The van der Waals surface area contributed by atoms with Gasteiger partial charge in [-0.25, -0.2) is 9.59 Å². The average Bonchev–Trinajstić information content (AvgIpc) is 2.70. The van der Waals surface area contributed by atoms with Gasteiger partial charge in [0.1, 0.15) is 12.4 Å². The van der Waals surface area contributed by atoms with Crippen molar-refractivity contribution >= 4 is 11.9 Å². The molecule has 148 valence electrons. The number of nitrogens with zero attached hydrogens (tertiary/aromatic N) is 1. The minimum Gasteiger partial charge on any atom is -0.492 e. The molecule has 0 amide bonds. The van der Waals surface area contributed by atoms with Crippen molar-refractivity contribution < 1.29 is 24.5 Å². The van der Waals surface area contributed by atoms with Gasteiger partial charge in [0.05, 0.1) is 0 Å². The predicted octanol–water partition coefficient (Wildman–Crippen LogP) is 3.56. The van der Waals surface area contributed by atoms with Crippen molar-refractivity contribution in [3.63, 3.8) is 0 Å². The lowest BCUT2D eigenvalue weighted by molar-refractivity contribution is -0.159. The molecule has 0 aliphatic rings. The van der Waals surface area contributed by atoms with Crippen molar-refractivity contribution in [1.82, 2.24) is 4.90 Å². The van der Waals surface area contributed by atoms with E-state index in [0.717, 1.165) is 25.4 Å². The first kappa shape index (κ1) is 22.7. The summed E-state index contributed by atoms with van der Waals surface area (Å²) >= 11 is 0. The summed E-state index contributed by atoms with van der Waals surface area (Å²) in [7, 11) is 0. The van der Waals surface area contributed by atoms with Crippen LogP contribution in [0.25, 0.3) is 11.1 Å². The first-order chi connectivity index (χ1) is 13.5. The molecule has 0 atom stereocenters. The standard InChI is InChI=1S/C20H23NO.C2H2O4/c1-3-14-21(15-4-2)16-17-22-20-12-10-19(11-13-20)18-8-6-5-7-9-18;3-1(4)2(5)6/h3-13H,1-2,14-17H2;(H,3,4)(H,5,6). The molecule has 0 radical (unpaired) electrons. The van der Waals surface area contributed by atoms with Crippen molar-refractivity contribution in [2.24, 2.45) is 0 Å². The van der Waals surface area contributed by atoms with E-state index in [4.69, 9.17) is 24.5 Å². The molecule has 28 heavy (non-hydrogen) atoms. The second-order valence-corrected chi connectivity index (χ2v) is 5.69. The lowest BCUT2D eigenvalue weighted by atomic mass is 10.1. The Balaban J connectivity index is 0.000000568. The molecule has 0 unspecified atom stereocenters. The molecular weight excluding hydrogens is 358 g/mol. The van der Waals surface area contributed by atoms with Gasteiger partial charge in [-0.3, -0.25) is 4.90 Å².